The summed E-state index contributed by atoms with van der Waals surface area (Å²) in [5.74, 6) is 0.286. The van der Waals surface area contributed by atoms with Crippen LogP contribution >= 0.6 is 0 Å². The van der Waals surface area contributed by atoms with E-state index in [1.54, 1.807) is 6.07 Å². The highest BCUT2D eigenvalue weighted by molar-refractivity contribution is 5.17. The van der Waals surface area contributed by atoms with Gasteiger partial charge in [-0.05, 0) is 5.56 Å². The van der Waals surface area contributed by atoms with Gasteiger partial charge in [0.05, 0.1) is 6.20 Å². The van der Waals surface area contributed by atoms with Gasteiger partial charge >= 0.3 is 5.56 Å². The van der Waals surface area contributed by atoms with Crippen molar-refractivity contribution in [3.8, 4) is 5.75 Å². The van der Waals surface area contributed by atoms with Gasteiger partial charge in [-0.3, -0.25) is 4.79 Å². The van der Waals surface area contributed by atoms with Crippen molar-refractivity contribution in [1.29, 1.82) is 0 Å². The quantitative estimate of drug-likeness (QED) is 0.817. The Labute approximate surface area is 86.5 Å². The molecule has 0 bridgehead atoms. The average molecular weight is 202 g/mol. The summed E-state index contributed by atoms with van der Waals surface area (Å²) in [5, 5.41) is 5.89. The minimum Gasteiger partial charge on any atom is -0.483 e. The fourth-order valence-corrected chi connectivity index (χ4v) is 1.18. The van der Waals surface area contributed by atoms with Gasteiger partial charge in [-0.2, -0.15) is 5.10 Å². The highest BCUT2D eigenvalue weighted by Gasteiger charge is 1.99. The summed E-state index contributed by atoms with van der Waals surface area (Å²) in [6.45, 7) is 0.383. The molecule has 0 fully saturated rings. The molecule has 0 saturated heterocycles. The van der Waals surface area contributed by atoms with Crippen LogP contribution in [0.1, 0.15) is 5.56 Å². The van der Waals surface area contributed by atoms with E-state index in [0.717, 1.165) is 5.56 Å². The molecule has 0 amide bonds. The highest BCUT2D eigenvalue weighted by Crippen LogP contribution is 2.04. The molecule has 2 rings (SSSR count). The van der Waals surface area contributed by atoms with Crippen LogP contribution in [0.2, 0.25) is 0 Å². The number of H-pyrrole nitrogens is 1. The van der Waals surface area contributed by atoms with Gasteiger partial charge in [-0.1, -0.05) is 30.3 Å². The molecule has 0 aliphatic rings. The van der Waals surface area contributed by atoms with Gasteiger partial charge in [0.2, 0.25) is 0 Å². The minimum atomic E-state index is -0.312. The normalized spacial score (nSPS) is 9.87. The van der Waals surface area contributed by atoms with Crippen LogP contribution in [0, 0.1) is 0 Å². The maximum Gasteiger partial charge on any atom is 0.306 e. The molecule has 0 aliphatic heterocycles. The molecule has 0 unspecified atom stereocenters. The smallest absolute Gasteiger partial charge is 0.306 e. The fraction of sp³-hybridized carbons (Fsp3) is 0.0909. The van der Waals surface area contributed by atoms with Crippen LogP contribution in [-0.2, 0) is 6.61 Å². The van der Waals surface area contributed by atoms with E-state index in [4.69, 9.17) is 4.74 Å². The van der Waals surface area contributed by atoms with Crippen molar-refractivity contribution in [3.63, 3.8) is 0 Å². The summed E-state index contributed by atoms with van der Waals surface area (Å²) in [6.07, 6.45) is 1.49. The van der Waals surface area contributed by atoms with Gasteiger partial charge in [0.15, 0.2) is 5.75 Å². The first-order chi connectivity index (χ1) is 7.36. The Morgan fingerprint density at radius 3 is 2.73 bits per heavy atom. The predicted molar refractivity (Wildman–Crippen MR) is 55.6 cm³/mol. The Kier molecular flexibility index (Phi) is 2.78. The van der Waals surface area contributed by atoms with Crippen molar-refractivity contribution < 1.29 is 4.74 Å². The van der Waals surface area contributed by atoms with Crippen LogP contribution in [0.15, 0.2) is 47.4 Å². The summed E-state index contributed by atoms with van der Waals surface area (Å²) < 4.78 is 5.34. The summed E-state index contributed by atoms with van der Waals surface area (Å²) in [4.78, 5) is 11.2. The molecule has 1 aromatic carbocycles. The minimum absolute atomic E-state index is 0.286. The largest absolute Gasteiger partial charge is 0.483 e. The second kappa shape index (κ2) is 4.41. The Morgan fingerprint density at radius 1 is 1.20 bits per heavy atom. The predicted octanol–water partition coefficient (Wildman–Crippen LogP) is 1.35. The number of nitrogens with one attached hydrogen (secondary N) is 1. The summed E-state index contributed by atoms with van der Waals surface area (Å²) in [7, 11) is 0. The molecule has 0 atom stereocenters. The molecule has 0 saturated carbocycles. The van der Waals surface area contributed by atoms with E-state index in [9.17, 15) is 4.79 Å². The Hall–Kier alpha value is -2.10. The van der Waals surface area contributed by atoms with Crippen LogP contribution in [0.3, 0.4) is 0 Å². The maximum absolute atomic E-state index is 11.2. The van der Waals surface area contributed by atoms with E-state index < -0.39 is 0 Å². The van der Waals surface area contributed by atoms with Crippen LogP contribution in [0.4, 0.5) is 0 Å². The zero-order chi connectivity index (χ0) is 10.5. The molecule has 4 heteroatoms. The SMILES string of the molecule is O=c1[nH]nccc1OCc1ccccc1. The second-order valence-electron chi connectivity index (χ2n) is 3.02. The van der Waals surface area contributed by atoms with Crippen molar-refractivity contribution >= 4 is 0 Å². The fourth-order valence-electron chi connectivity index (χ4n) is 1.18. The van der Waals surface area contributed by atoms with Crippen molar-refractivity contribution in [2.75, 3.05) is 0 Å². The topological polar surface area (TPSA) is 55.0 Å². The molecule has 4 nitrogen and oxygen atoms in total. The van der Waals surface area contributed by atoms with Gasteiger partial charge in [0.1, 0.15) is 6.61 Å². The molecular formula is C11H10N2O2. The lowest BCUT2D eigenvalue weighted by Gasteiger charge is -2.03. The van der Waals surface area contributed by atoms with E-state index in [1.165, 1.54) is 6.20 Å². The number of benzene rings is 1. The van der Waals surface area contributed by atoms with Crippen molar-refractivity contribution in [1.82, 2.24) is 10.2 Å². The third-order valence-electron chi connectivity index (χ3n) is 1.93. The Balaban J connectivity index is 2.06. The second-order valence-corrected chi connectivity index (χ2v) is 3.02. The molecule has 76 valence electrons. The first-order valence-corrected chi connectivity index (χ1v) is 4.56. The van der Waals surface area contributed by atoms with Gasteiger partial charge in [-0.15, -0.1) is 0 Å². The average Bonchev–Trinajstić information content (AvgIpc) is 2.29. The van der Waals surface area contributed by atoms with Gasteiger partial charge < -0.3 is 4.74 Å². The zero-order valence-corrected chi connectivity index (χ0v) is 8.01. The molecule has 1 N–H and O–H groups in total. The molecule has 2 aromatic rings. The summed E-state index contributed by atoms with van der Waals surface area (Å²) in [6, 6.07) is 11.2. The number of aromatic nitrogens is 2. The number of rotatable bonds is 3. The number of nitrogens with zero attached hydrogens (tertiary/aromatic N) is 1. The van der Waals surface area contributed by atoms with Crippen LogP contribution < -0.4 is 10.3 Å². The monoisotopic (exact) mass is 202 g/mol. The van der Waals surface area contributed by atoms with E-state index in [0.29, 0.717) is 6.61 Å². The molecule has 0 radical (unpaired) electrons. The number of ether oxygens (including phenoxy) is 1. The number of aromatic amines is 1. The first kappa shape index (κ1) is 9.45. The lowest BCUT2D eigenvalue weighted by Crippen LogP contribution is -2.11. The molecule has 1 aromatic heterocycles. The Bertz CT molecular complexity index is 479. The van der Waals surface area contributed by atoms with Crippen LogP contribution in [0.25, 0.3) is 0 Å². The van der Waals surface area contributed by atoms with Crippen molar-refractivity contribution in [2.45, 2.75) is 6.61 Å². The Morgan fingerprint density at radius 2 is 2.00 bits per heavy atom. The molecule has 1 heterocycles. The van der Waals surface area contributed by atoms with E-state index in [-0.39, 0.29) is 11.3 Å². The van der Waals surface area contributed by atoms with Gasteiger partial charge in [0.25, 0.3) is 0 Å². The van der Waals surface area contributed by atoms with E-state index in [2.05, 4.69) is 10.2 Å². The van der Waals surface area contributed by atoms with Crippen LogP contribution in [0.5, 0.6) is 5.75 Å². The summed E-state index contributed by atoms with van der Waals surface area (Å²) >= 11 is 0. The summed E-state index contributed by atoms with van der Waals surface area (Å²) in [5.41, 5.74) is 0.710. The number of hydrogen-bond donors (Lipinski definition) is 1. The third-order valence-corrected chi connectivity index (χ3v) is 1.93. The zero-order valence-electron chi connectivity index (χ0n) is 8.01. The van der Waals surface area contributed by atoms with E-state index >= 15 is 0 Å². The lowest BCUT2D eigenvalue weighted by atomic mass is 10.2. The molecular weight excluding hydrogens is 192 g/mol. The highest BCUT2D eigenvalue weighted by atomic mass is 16.5. The van der Waals surface area contributed by atoms with Gasteiger partial charge in [0, 0.05) is 6.07 Å². The standard InChI is InChI=1S/C11H10N2O2/c14-11-10(6-7-12-13-11)15-8-9-4-2-1-3-5-9/h1-7H,8H2,(H,13,14). The van der Waals surface area contributed by atoms with E-state index in [1.807, 2.05) is 30.3 Å². The van der Waals surface area contributed by atoms with Crippen molar-refractivity contribution in [2.24, 2.45) is 0 Å². The van der Waals surface area contributed by atoms with Crippen LogP contribution in [-0.4, -0.2) is 10.2 Å². The molecule has 0 spiro atoms. The third kappa shape index (κ3) is 2.43. The number of hydrogen-bond acceptors (Lipinski definition) is 3. The molecule has 15 heavy (non-hydrogen) atoms. The molecule has 0 aliphatic carbocycles. The lowest BCUT2D eigenvalue weighted by molar-refractivity contribution is 0.301. The van der Waals surface area contributed by atoms with Gasteiger partial charge in [-0.25, -0.2) is 5.10 Å². The first-order valence-electron chi connectivity index (χ1n) is 4.56. The maximum atomic E-state index is 11.2. The van der Waals surface area contributed by atoms with Crippen molar-refractivity contribution in [3.05, 3.63) is 58.5 Å².